The van der Waals surface area contributed by atoms with Crippen molar-refractivity contribution in [2.45, 2.75) is 70.9 Å². The van der Waals surface area contributed by atoms with Crippen molar-refractivity contribution in [3.8, 4) is 0 Å². The molecule has 21 heavy (non-hydrogen) atoms. The minimum atomic E-state index is -0.0587. The van der Waals surface area contributed by atoms with E-state index in [2.05, 4.69) is 30.7 Å². The zero-order valence-electron chi connectivity index (χ0n) is 14.4. The lowest BCUT2D eigenvalue weighted by Crippen LogP contribution is -2.45. The van der Waals surface area contributed by atoms with E-state index in [4.69, 9.17) is 0 Å². The molecule has 0 aromatic carbocycles. The average molecular weight is 296 g/mol. The Morgan fingerprint density at radius 3 is 2.67 bits per heavy atom. The largest absolute Gasteiger partial charge is 0.393 e. The van der Waals surface area contributed by atoms with Crippen LogP contribution in [0.4, 0.5) is 0 Å². The molecule has 0 bridgehead atoms. The molecule has 1 aliphatic carbocycles. The minimum absolute atomic E-state index is 0.0587. The van der Waals surface area contributed by atoms with Gasteiger partial charge in [0.25, 0.3) is 0 Å². The molecule has 124 valence electrons. The Bertz CT molecular complexity index is 297. The lowest BCUT2D eigenvalue weighted by Gasteiger charge is -2.39. The van der Waals surface area contributed by atoms with Crippen LogP contribution in [0.25, 0.3) is 0 Å². The highest BCUT2D eigenvalue weighted by molar-refractivity contribution is 4.85. The third kappa shape index (κ3) is 4.94. The molecule has 0 radical (unpaired) electrons. The highest BCUT2D eigenvalue weighted by Crippen LogP contribution is 2.33. The van der Waals surface area contributed by atoms with Crippen LogP contribution < -0.4 is 0 Å². The summed E-state index contributed by atoms with van der Waals surface area (Å²) in [7, 11) is 2.25. The maximum atomic E-state index is 10.4. The summed E-state index contributed by atoms with van der Waals surface area (Å²) in [4.78, 5) is 5.16. The van der Waals surface area contributed by atoms with E-state index < -0.39 is 0 Å². The molecule has 1 heterocycles. The second-order valence-electron chi connectivity index (χ2n) is 7.47. The summed E-state index contributed by atoms with van der Waals surface area (Å²) in [5.41, 5.74) is 0. The average Bonchev–Trinajstić information content (AvgIpc) is 2.64. The molecule has 2 fully saturated rings. The molecular weight excluding hydrogens is 260 g/mol. The predicted molar refractivity (Wildman–Crippen MR) is 89.5 cm³/mol. The van der Waals surface area contributed by atoms with Crippen LogP contribution in [-0.4, -0.2) is 60.3 Å². The molecule has 2 rings (SSSR count). The summed E-state index contributed by atoms with van der Waals surface area (Å²) in [6.07, 6.45) is 8.60. The molecule has 1 saturated heterocycles. The molecule has 0 spiro atoms. The molecule has 3 nitrogen and oxygen atoms in total. The monoisotopic (exact) mass is 296 g/mol. The molecular formula is C18H36N2O. The Morgan fingerprint density at radius 1 is 1.14 bits per heavy atom. The number of hydrogen-bond acceptors (Lipinski definition) is 3. The van der Waals surface area contributed by atoms with Gasteiger partial charge in [0.05, 0.1) is 6.10 Å². The molecule has 3 heteroatoms. The molecule has 4 unspecified atom stereocenters. The maximum Gasteiger partial charge on any atom is 0.0580 e. The molecule has 0 aromatic heterocycles. The Morgan fingerprint density at radius 2 is 1.95 bits per heavy atom. The summed E-state index contributed by atoms with van der Waals surface area (Å²) < 4.78 is 0. The normalized spacial score (nSPS) is 36.6. The van der Waals surface area contributed by atoms with E-state index in [1.165, 1.54) is 58.2 Å². The van der Waals surface area contributed by atoms with Crippen molar-refractivity contribution < 1.29 is 5.11 Å². The van der Waals surface area contributed by atoms with E-state index in [1.807, 2.05) is 0 Å². The number of rotatable bonds is 5. The lowest BCUT2D eigenvalue weighted by atomic mass is 9.77. The van der Waals surface area contributed by atoms with Crippen LogP contribution in [0.15, 0.2) is 0 Å². The Kier molecular flexibility index (Phi) is 6.97. The Labute approximate surface area is 131 Å². The molecule has 1 aliphatic heterocycles. The summed E-state index contributed by atoms with van der Waals surface area (Å²) >= 11 is 0. The first-order valence-corrected chi connectivity index (χ1v) is 9.24. The first-order valence-electron chi connectivity index (χ1n) is 9.24. The quantitative estimate of drug-likeness (QED) is 0.845. The SMILES string of the molecule is CCCC1CCC(O)C(CN2CCCN(C)CC2CC)C1. The van der Waals surface area contributed by atoms with Gasteiger partial charge < -0.3 is 10.0 Å². The first kappa shape index (κ1) is 17.2. The van der Waals surface area contributed by atoms with Gasteiger partial charge in [-0.3, -0.25) is 4.90 Å². The smallest absolute Gasteiger partial charge is 0.0580 e. The third-order valence-corrected chi connectivity index (χ3v) is 5.71. The Hall–Kier alpha value is -0.120. The molecule has 2 aliphatic rings. The first-order chi connectivity index (χ1) is 10.1. The van der Waals surface area contributed by atoms with Crippen LogP contribution in [0.3, 0.4) is 0 Å². The summed E-state index contributed by atoms with van der Waals surface area (Å²) in [5, 5.41) is 10.4. The van der Waals surface area contributed by atoms with Gasteiger partial charge in [0.1, 0.15) is 0 Å². The summed E-state index contributed by atoms with van der Waals surface area (Å²) in [6.45, 7) is 9.35. The third-order valence-electron chi connectivity index (χ3n) is 5.71. The van der Waals surface area contributed by atoms with Gasteiger partial charge in [-0.05, 0) is 64.1 Å². The maximum absolute atomic E-state index is 10.4. The molecule has 1 N–H and O–H groups in total. The van der Waals surface area contributed by atoms with Gasteiger partial charge in [0.15, 0.2) is 0 Å². The molecule has 0 aromatic rings. The van der Waals surface area contributed by atoms with E-state index in [0.717, 1.165) is 18.9 Å². The Balaban J connectivity index is 1.93. The van der Waals surface area contributed by atoms with Crippen molar-refractivity contribution in [2.75, 3.05) is 33.2 Å². The van der Waals surface area contributed by atoms with E-state index >= 15 is 0 Å². The second kappa shape index (κ2) is 8.50. The lowest BCUT2D eigenvalue weighted by molar-refractivity contribution is 0.0172. The van der Waals surface area contributed by atoms with Crippen molar-refractivity contribution in [3.63, 3.8) is 0 Å². The number of hydrogen-bond donors (Lipinski definition) is 1. The minimum Gasteiger partial charge on any atom is -0.393 e. The van der Waals surface area contributed by atoms with Gasteiger partial charge in [0, 0.05) is 19.1 Å². The summed E-state index contributed by atoms with van der Waals surface area (Å²) in [6, 6.07) is 0.677. The van der Waals surface area contributed by atoms with Gasteiger partial charge >= 0.3 is 0 Å². The van der Waals surface area contributed by atoms with Crippen LogP contribution in [0, 0.1) is 11.8 Å². The highest BCUT2D eigenvalue weighted by atomic mass is 16.3. The number of aliphatic hydroxyl groups is 1. The van der Waals surface area contributed by atoms with Crippen molar-refractivity contribution in [2.24, 2.45) is 11.8 Å². The molecule has 0 amide bonds. The van der Waals surface area contributed by atoms with Crippen LogP contribution >= 0.6 is 0 Å². The topological polar surface area (TPSA) is 26.7 Å². The number of aliphatic hydroxyl groups excluding tert-OH is 1. The predicted octanol–water partition coefficient (Wildman–Crippen LogP) is 2.98. The van der Waals surface area contributed by atoms with Crippen molar-refractivity contribution in [1.29, 1.82) is 0 Å². The molecule has 1 saturated carbocycles. The van der Waals surface area contributed by atoms with E-state index in [9.17, 15) is 5.11 Å². The van der Waals surface area contributed by atoms with Gasteiger partial charge in [-0.2, -0.15) is 0 Å². The fourth-order valence-corrected chi connectivity index (χ4v) is 4.43. The van der Waals surface area contributed by atoms with E-state index in [0.29, 0.717) is 12.0 Å². The standard InChI is InChI=1S/C18H36N2O/c1-4-7-15-8-9-18(21)16(12-15)13-20-11-6-10-19(3)14-17(20)5-2/h15-18,21H,4-14H2,1-3H3. The van der Waals surface area contributed by atoms with Crippen LogP contribution in [0.1, 0.15) is 58.8 Å². The van der Waals surface area contributed by atoms with Crippen molar-refractivity contribution >= 4 is 0 Å². The van der Waals surface area contributed by atoms with Crippen molar-refractivity contribution in [3.05, 3.63) is 0 Å². The van der Waals surface area contributed by atoms with Gasteiger partial charge in [-0.15, -0.1) is 0 Å². The zero-order chi connectivity index (χ0) is 15.2. The number of nitrogens with zero attached hydrogens (tertiary/aromatic N) is 2. The van der Waals surface area contributed by atoms with E-state index in [-0.39, 0.29) is 6.10 Å². The van der Waals surface area contributed by atoms with Crippen molar-refractivity contribution in [1.82, 2.24) is 9.80 Å². The van der Waals surface area contributed by atoms with Crippen LogP contribution in [0.2, 0.25) is 0 Å². The fraction of sp³-hybridized carbons (Fsp3) is 1.00. The second-order valence-corrected chi connectivity index (χ2v) is 7.47. The molecule has 4 atom stereocenters. The zero-order valence-corrected chi connectivity index (χ0v) is 14.4. The number of likely N-dealkylation sites (N-methyl/N-ethyl adjacent to an activating group) is 1. The van der Waals surface area contributed by atoms with Gasteiger partial charge in [0.2, 0.25) is 0 Å². The summed E-state index contributed by atoms with van der Waals surface area (Å²) in [5.74, 6) is 1.37. The van der Waals surface area contributed by atoms with Crippen LogP contribution in [-0.2, 0) is 0 Å². The van der Waals surface area contributed by atoms with Crippen LogP contribution in [0.5, 0.6) is 0 Å². The highest BCUT2D eigenvalue weighted by Gasteiger charge is 2.32. The van der Waals surface area contributed by atoms with Gasteiger partial charge in [-0.25, -0.2) is 0 Å². The fourth-order valence-electron chi connectivity index (χ4n) is 4.43. The van der Waals surface area contributed by atoms with Gasteiger partial charge in [-0.1, -0.05) is 26.7 Å². The van der Waals surface area contributed by atoms with E-state index in [1.54, 1.807) is 0 Å².